The molecule has 1 aromatic heterocycles. The Morgan fingerprint density at radius 2 is 1.95 bits per heavy atom. The third-order valence-electron chi connectivity index (χ3n) is 3.01. The molecule has 0 saturated carbocycles. The fraction of sp³-hybridized carbons (Fsp3) is 0.643. The number of thioether (sulfide) groups is 1. The van der Waals surface area contributed by atoms with Crippen LogP contribution < -0.4 is 0 Å². The lowest BCUT2D eigenvalue weighted by Gasteiger charge is -2.13. The second kappa shape index (κ2) is 6.89. The quantitative estimate of drug-likeness (QED) is 0.636. The van der Waals surface area contributed by atoms with Crippen LogP contribution in [-0.4, -0.2) is 26.8 Å². The molecule has 1 unspecified atom stereocenters. The van der Waals surface area contributed by atoms with Gasteiger partial charge >= 0.3 is 5.97 Å². The molecular formula is C14H22N2O2S. The number of aromatic carboxylic acids is 1. The van der Waals surface area contributed by atoms with Gasteiger partial charge in [-0.1, -0.05) is 34.1 Å². The van der Waals surface area contributed by atoms with Crippen molar-refractivity contribution in [2.45, 2.75) is 52.0 Å². The summed E-state index contributed by atoms with van der Waals surface area (Å²) in [5.74, 6) is 1.40. The van der Waals surface area contributed by atoms with Gasteiger partial charge in [-0.05, 0) is 12.8 Å². The summed E-state index contributed by atoms with van der Waals surface area (Å²) >= 11 is 1.52. The van der Waals surface area contributed by atoms with Crippen LogP contribution in [0.25, 0.3) is 0 Å². The average molecular weight is 282 g/mol. The van der Waals surface area contributed by atoms with Gasteiger partial charge in [-0.15, -0.1) is 11.8 Å². The molecule has 0 aliphatic carbocycles. The van der Waals surface area contributed by atoms with Gasteiger partial charge in [-0.25, -0.2) is 14.8 Å². The molecular weight excluding hydrogens is 260 g/mol. The Kier molecular flexibility index (Phi) is 5.79. The highest BCUT2D eigenvalue weighted by atomic mass is 32.2. The normalized spacial score (nSPS) is 12.7. The number of hydrogen-bond acceptors (Lipinski definition) is 4. The van der Waals surface area contributed by atoms with E-state index in [-0.39, 0.29) is 11.5 Å². The lowest BCUT2D eigenvalue weighted by molar-refractivity contribution is 0.0690. The monoisotopic (exact) mass is 282 g/mol. The molecule has 5 heteroatoms. The maximum Gasteiger partial charge on any atom is 0.340 e. The van der Waals surface area contributed by atoms with Crippen LogP contribution in [0.4, 0.5) is 0 Å². The van der Waals surface area contributed by atoms with Crippen LogP contribution in [0.3, 0.4) is 0 Å². The Hall–Kier alpha value is -1.10. The number of rotatable bonds is 6. The number of aromatic nitrogens is 2. The van der Waals surface area contributed by atoms with E-state index in [4.69, 9.17) is 0 Å². The van der Waals surface area contributed by atoms with E-state index in [9.17, 15) is 9.90 Å². The predicted octanol–water partition coefficient (Wildman–Crippen LogP) is 3.74. The summed E-state index contributed by atoms with van der Waals surface area (Å²) in [6, 6.07) is 0. The first kappa shape index (κ1) is 16.0. The zero-order valence-corrected chi connectivity index (χ0v) is 13.0. The van der Waals surface area contributed by atoms with E-state index in [1.807, 2.05) is 13.8 Å². The minimum absolute atomic E-state index is 0.199. The zero-order valence-electron chi connectivity index (χ0n) is 12.2. The van der Waals surface area contributed by atoms with Gasteiger partial charge in [0.1, 0.15) is 16.4 Å². The Bertz CT molecular complexity index is 461. The van der Waals surface area contributed by atoms with E-state index >= 15 is 0 Å². The molecule has 106 valence electrons. The summed E-state index contributed by atoms with van der Waals surface area (Å²) in [6.45, 7) is 10.1. The number of hydrogen-bond donors (Lipinski definition) is 1. The summed E-state index contributed by atoms with van der Waals surface area (Å²) in [7, 11) is 0. The van der Waals surface area contributed by atoms with Crippen LogP contribution in [0, 0.1) is 12.8 Å². The molecule has 1 N–H and O–H groups in total. The summed E-state index contributed by atoms with van der Waals surface area (Å²) in [5, 5.41) is 9.91. The van der Waals surface area contributed by atoms with Crippen LogP contribution in [0.15, 0.2) is 5.03 Å². The summed E-state index contributed by atoms with van der Waals surface area (Å²) in [6.07, 6.45) is 1.08. The number of aryl methyl sites for hydroxylation is 1. The molecule has 0 radical (unpaired) electrons. The second-order valence-electron chi connectivity index (χ2n) is 5.13. The molecule has 0 bridgehead atoms. The first-order valence-corrected chi connectivity index (χ1v) is 7.59. The molecule has 4 nitrogen and oxygen atoms in total. The molecule has 1 aromatic rings. The SMILES string of the molecule is CCC(C)CSc1nc(C(C)C)nc(C)c1C(=O)O. The van der Waals surface area contributed by atoms with Crippen LogP contribution in [0.5, 0.6) is 0 Å². The van der Waals surface area contributed by atoms with Crippen molar-refractivity contribution in [2.24, 2.45) is 5.92 Å². The average Bonchev–Trinajstić information content (AvgIpc) is 2.34. The zero-order chi connectivity index (χ0) is 14.6. The van der Waals surface area contributed by atoms with Gasteiger partial charge in [0, 0.05) is 11.7 Å². The van der Waals surface area contributed by atoms with Crippen LogP contribution in [-0.2, 0) is 0 Å². The standard InChI is InChI=1S/C14H22N2O2S/c1-6-9(4)7-19-13-11(14(17)18)10(5)15-12(16-13)8(2)3/h8-9H,6-7H2,1-5H3,(H,17,18). The molecule has 0 spiro atoms. The van der Waals surface area contributed by atoms with Crippen molar-refractivity contribution in [1.29, 1.82) is 0 Å². The minimum Gasteiger partial charge on any atom is -0.478 e. The third-order valence-corrected chi connectivity index (χ3v) is 4.31. The molecule has 0 fully saturated rings. The maximum atomic E-state index is 11.3. The first-order chi connectivity index (χ1) is 8.86. The largest absolute Gasteiger partial charge is 0.478 e. The Morgan fingerprint density at radius 1 is 1.32 bits per heavy atom. The number of carboxylic acids is 1. The van der Waals surface area contributed by atoms with Crippen molar-refractivity contribution < 1.29 is 9.90 Å². The van der Waals surface area contributed by atoms with Crippen LogP contribution in [0.2, 0.25) is 0 Å². The number of carbonyl (C=O) groups is 1. The van der Waals surface area contributed by atoms with Crippen LogP contribution in [0.1, 0.15) is 61.9 Å². The lowest BCUT2D eigenvalue weighted by Crippen LogP contribution is -2.11. The van der Waals surface area contributed by atoms with Gasteiger partial charge in [0.25, 0.3) is 0 Å². The van der Waals surface area contributed by atoms with Gasteiger partial charge in [-0.2, -0.15) is 0 Å². The molecule has 0 aromatic carbocycles. The smallest absolute Gasteiger partial charge is 0.340 e. The van der Waals surface area contributed by atoms with E-state index in [0.29, 0.717) is 22.5 Å². The van der Waals surface area contributed by atoms with Crippen LogP contribution >= 0.6 is 11.8 Å². The number of nitrogens with zero attached hydrogens (tertiary/aromatic N) is 2. The molecule has 1 atom stereocenters. The topological polar surface area (TPSA) is 63.1 Å². The van der Waals surface area contributed by atoms with Gasteiger partial charge in [0.15, 0.2) is 0 Å². The van der Waals surface area contributed by atoms with Crippen molar-refractivity contribution in [3.05, 3.63) is 17.1 Å². The summed E-state index contributed by atoms with van der Waals surface area (Å²) in [4.78, 5) is 20.1. The first-order valence-electron chi connectivity index (χ1n) is 6.61. The fourth-order valence-corrected chi connectivity index (χ4v) is 2.73. The minimum atomic E-state index is -0.945. The van der Waals surface area contributed by atoms with E-state index in [0.717, 1.165) is 12.2 Å². The van der Waals surface area contributed by atoms with Gasteiger partial charge < -0.3 is 5.11 Å². The van der Waals surface area contributed by atoms with Gasteiger partial charge in [0.2, 0.25) is 0 Å². The van der Waals surface area contributed by atoms with E-state index in [1.54, 1.807) is 6.92 Å². The maximum absolute atomic E-state index is 11.3. The molecule has 0 aliphatic rings. The third kappa shape index (κ3) is 4.20. The summed E-state index contributed by atoms with van der Waals surface area (Å²) < 4.78 is 0. The highest BCUT2D eigenvalue weighted by molar-refractivity contribution is 7.99. The Balaban J connectivity index is 3.13. The van der Waals surface area contributed by atoms with E-state index in [1.165, 1.54) is 11.8 Å². The van der Waals surface area contributed by atoms with Crippen molar-refractivity contribution in [3.63, 3.8) is 0 Å². The molecule has 0 amide bonds. The second-order valence-corrected chi connectivity index (χ2v) is 6.14. The van der Waals surface area contributed by atoms with Gasteiger partial charge in [-0.3, -0.25) is 0 Å². The molecule has 0 aliphatic heterocycles. The number of carboxylic acid groups (broad SMARTS) is 1. The highest BCUT2D eigenvalue weighted by Crippen LogP contribution is 2.27. The molecule has 1 heterocycles. The Morgan fingerprint density at radius 3 is 2.42 bits per heavy atom. The summed E-state index contributed by atoms with van der Waals surface area (Å²) in [5.41, 5.74) is 0.801. The Labute approximate surface area is 119 Å². The predicted molar refractivity (Wildman–Crippen MR) is 78.0 cm³/mol. The molecule has 1 rings (SSSR count). The fourth-order valence-electron chi connectivity index (χ4n) is 1.52. The molecule has 0 saturated heterocycles. The molecule has 19 heavy (non-hydrogen) atoms. The van der Waals surface area contributed by atoms with E-state index in [2.05, 4.69) is 23.8 Å². The van der Waals surface area contributed by atoms with Crippen molar-refractivity contribution in [2.75, 3.05) is 5.75 Å². The van der Waals surface area contributed by atoms with E-state index < -0.39 is 5.97 Å². The van der Waals surface area contributed by atoms with Crippen molar-refractivity contribution >= 4 is 17.7 Å². The highest BCUT2D eigenvalue weighted by Gasteiger charge is 2.19. The van der Waals surface area contributed by atoms with Crippen molar-refractivity contribution in [3.8, 4) is 0 Å². The lowest BCUT2D eigenvalue weighted by atomic mass is 10.2. The van der Waals surface area contributed by atoms with Crippen molar-refractivity contribution in [1.82, 2.24) is 9.97 Å². The van der Waals surface area contributed by atoms with Gasteiger partial charge in [0.05, 0.1) is 5.69 Å².